The molecule has 8 nitrogen and oxygen atoms in total. The highest BCUT2D eigenvalue weighted by Gasteiger charge is 2.27. The molecule has 0 aliphatic rings. The molecule has 5 rings (SSSR count). The van der Waals surface area contributed by atoms with Gasteiger partial charge < -0.3 is 30.4 Å². The summed E-state index contributed by atoms with van der Waals surface area (Å²) < 4.78 is 17.0. The number of amides is 2. The Labute approximate surface area is 276 Å². The third-order valence-electron chi connectivity index (χ3n) is 8.18. The summed E-state index contributed by atoms with van der Waals surface area (Å²) in [7, 11) is 3.31. The van der Waals surface area contributed by atoms with E-state index in [0.29, 0.717) is 31.1 Å². The van der Waals surface area contributed by atoms with E-state index in [9.17, 15) is 9.90 Å². The number of nitrogens with two attached hydrogens (primary N) is 1. The molecule has 0 aliphatic heterocycles. The minimum atomic E-state index is -0.701. The van der Waals surface area contributed by atoms with Crippen LogP contribution in [0.3, 0.4) is 0 Å². The van der Waals surface area contributed by atoms with Gasteiger partial charge in [0.15, 0.2) is 0 Å². The maximum Gasteiger partial charge on any atom is 0.316 e. The number of ether oxygens (including phenoxy) is 3. The van der Waals surface area contributed by atoms with Gasteiger partial charge in [-0.1, -0.05) is 91.0 Å². The number of aliphatic hydroxyl groups excluding tert-OH is 1. The molecule has 242 valence electrons. The van der Waals surface area contributed by atoms with E-state index in [1.165, 1.54) is 0 Å². The number of nitrogens with one attached hydrogen (secondary N) is 1. The molecule has 47 heavy (non-hydrogen) atoms. The van der Waals surface area contributed by atoms with Crippen LogP contribution in [-0.4, -0.2) is 43.4 Å². The number of aliphatic hydroxyl groups is 1. The Morgan fingerprint density at radius 3 is 1.79 bits per heavy atom. The molecule has 0 fully saturated rings. The zero-order valence-electron chi connectivity index (χ0n) is 26.7. The largest absolute Gasteiger partial charge is 0.497 e. The van der Waals surface area contributed by atoms with E-state index in [1.54, 1.807) is 14.2 Å². The molecular weight excluding hydrogens is 590 g/mol. The second-order valence-corrected chi connectivity index (χ2v) is 11.2. The molecule has 0 saturated heterocycles. The van der Waals surface area contributed by atoms with Crippen LogP contribution in [0.5, 0.6) is 17.2 Å². The first kappa shape index (κ1) is 33.1. The van der Waals surface area contributed by atoms with E-state index in [0.717, 1.165) is 39.3 Å². The number of anilines is 1. The normalized spacial score (nSPS) is 11.7. The van der Waals surface area contributed by atoms with Crippen molar-refractivity contribution in [3.8, 4) is 17.2 Å². The Balaban J connectivity index is 1.52. The van der Waals surface area contributed by atoms with Crippen molar-refractivity contribution >= 4 is 11.7 Å². The van der Waals surface area contributed by atoms with Crippen molar-refractivity contribution < 1.29 is 24.1 Å². The van der Waals surface area contributed by atoms with Crippen LogP contribution in [0, 0.1) is 0 Å². The van der Waals surface area contributed by atoms with Crippen LogP contribution in [0.15, 0.2) is 127 Å². The lowest BCUT2D eigenvalue weighted by Crippen LogP contribution is -2.35. The predicted molar refractivity (Wildman–Crippen MR) is 185 cm³/mol. The highest BCUT2D eigenvalue weighted by molar-refractivity contribution is 5.89. The first-order valence-corrected chi connectivity index (χ1v) is 15.5. The quantitative estimate of drug-likeness (QED) is 0.113. The van der Waals surface area contributed by atoms with Crippen molar-refractivity contribution in [2.45, 2.75) is 25.1 Å². The summed E-state index contributed by atoms with van der Waals surface area (Å²) in [6, 6.07) is 40.6. The molecule has 0 radical (unpaired) electrons. The van der Waals surface area contributed by atoms with Crippen molar-refractivity contribution in [2.24, 2.45) is 5.73 Å². The van der Waals surface area contributed by atoms with Gasteiger partial charge in [-0.25, -0.2) is 4.79 Å². The number of hydrogen-bond donors (Lipinski definition) is 3. The monoisotopic (exact) mass is 631 g/mol. The van der Waals surface area contributed by atoms with E-state index in [1.807, 2.05) is 91.0 Å². The van der Waals surface area contributed by atoms with Gasteiger partial charge in [0.2, 0.25) is 0 Å². The number of benzene rings is 5. The first-order chi connectivity index (χ1) is 23.0. The highest BCUT2D eigenvalue weighted by atomic mass is 16.5. The Morgan fingerprint density at radius 2 is 1.28 bits per heavy atom. The lowest BCUT2D eigenvalue weighted by atomic mass is 9.89. The number of methoxy groups -OCH3 is 2. The summed E-state index contributed by atoms with van der Waals surface area (Å²) in [6.45, 7) is 1.30. The van der Waals surface area contributed by atoms with Gasteiger partial charge in [0.1, 0.15) is 23.9 Å². The maximum atomic E-state index is 12.0. The summed E-state index contributed by atoms with van der Waals surface area (Å²) in [5, 5.41) is 13.7. The maximum absolute atomic E-state index is 12.0. The fraction of sp³-hybridized carbons (Fsp3) is 0.205. The van der Waals surface area contributed by atoms with Gasteiger partial charge in [0.25, 0.3) is 0 Å². The Kier molecular flexibility index (Phi) is 11.5. The summed E-state index contributed by atoms with van der Waals surface area (Å²) >= 11 is 0. The standard InChI is InChI=1S/C39H41N3O5/c1-45-33-18-13-30(14-19-33)35(31-15-20-34(46-2)21-16-31)25-42(24-28-9-5-3-6-10-28)37(26-43)32-17-22-38(36(23-32)41-39(40)44)47-27-29-11-7-4-8-12-29/h3-23,35,37,43H,24-27H2,1-2H3,(H3,40,41,44)/t37-/m0/s1. The Bertz CT molecular complexity index is 1650. The van der Waals surface area contributed by atoms with E-state index >= 15 is 0 Å². The fourth-order valence-corrected chi connectivity index (χ4v) is 5.71. The molecule has 0 unspecified atom stereocenters. The Hall–Kier alpha value is -5.31. The molecule has 0 aromatic heterocycles. The number of carbonyl (C=O) groups is 1. The molecule has 8 heteroatoms. The molecule has 0 bridgehead atoms. The smallest absolute Gasteiger partial charge is 0.316 e. The minimum absolute atomic E-state index is 0.0544. The molecule has 5 aromatic carbocycles. The SMILES string of the molecule is COc1ccc(C(CN(Cc2ccccc2)[C@@H](CO)c2ccc(OCc3ccccc3)c(NC(N)=O)c2)c2ccc(OC)cc2)cc1. The van der Waals surface area contributed by atoms with Crippen molar-refractivity contribution in [2.75, 3.05) is 32.7 Å². The zero-order chi connectivity index (χ0) is 33.0. The fourth-order valence-electron chi connectivity index (χ4n) is 5.71. The average molecular weight is 632 g/mol. The third-order valence-corrected chi connectivity index (χ3v) is 8.18. The summed E-state index contributed by atoms with van der Waals surface area (Å²) in [5.74, 6) is 1.99. The van der Waals surface area contributed by atoms with Crippen molar-refractivity contribution in [1.82, 2.24) is 4.90 Å². The van der Waals surface area contributed by atoms with E-state index in [4.69, 9.17) is 19.9 Å². The number of nitrogens with zero attached hydrogens (tertiary/aromatic N) is 1. The van der Waals surface area contributed by atoms with Gasteiger partial charge in [-0.05, 0) is 64.2 Å². The first-order valence-electron chi connectivity index (χ1n) is 15.5. The van der Waals surface area contributed by atoms with Crippen LogP contribution in [-0.2, 0) is 13.2 Å². The second kappa shape index (κ2) is 16.3. The molecule has 0 spiro atoms. The van der Waals surface area contributed by atoms with Crippen LogP contribution in [0.1, 0.15) is 39.8 Å². The van der Waals surface area contributed by atoms with Crippen LogP contribution in [0.25, 0.3) is 0 Å². The lowest BCUT2D eigenvalue weighted by Gasteiger charge is -2.35. The van der Waals surface area contributed by atoms with E-state index < -0.39 is 12.1 Å². The zero-order valence-corrected chi connectivity index (χ0v) is 26.7. The molecule has 0 aliphatic carbocycles. The minimum Gasteiger partial charge on any atom is -0.497 e. The molecule has 2 amide bonds. The molecular formula is C39H41N3O5. The summed E-state index contributed by atoms with van der Waals surface area (Å²) in [4.78, 5) is 14.3. The van der Waals surface area contributed by atoms with Crippen molar-refractivity contribution in [3.63, 3.8) is 0 Å². The van der Waals surface area contributed by atoms with Gasteiger partial charge >= 0.3 is 6.03 Å². The van der Waals surface area contributed by atoms with Gasteiger partial charge in [-0.3, -0.25) is 4.90 Å². The second-order valence-electron chi connectivity index (χ2n) is 11.2. The number of urea groups is 1. The van der Waals surface area contributed by atoms with Crippen LogP contribution in [0.2, 0.25) is 0 Å². The highest BCUT2D eigenvalue weighted by Crippen LogP contribution is 2.35. The topological polar surface area (TPSA) is 106 Å². The molecule has 0 heterocycles. The third kappa shape index (κ3) is 8.91. The average Bonchev–Trinajstić information content (AvgIpc) is 3.11. The molecule has 1 atom stereocenters. The van der Waals surface area contributed by atoms with Gasteiger partial charge in [-0.2, -0.15) is 0 Å². The molecule has 5 aromatic rings. The number of carbonyl (C=O) groups excluding carboxylic acids is 1. The summed E-state index contributed by atoms with van der Waals surface area (Å²) in [5.41, 5.74) is 11.1. The van der Waals surface area contributed by atoms with Crippen LogP contribution >= 0.6 is 0 Å². The van der Waals surface area contributed by atoms with E-state index in [2.05, 4.69) is 46.6 Å². The van der Waals surface area contributed by atoms with Gasteiger partial charge in [-0.15, -0.1) is 0 Å². The number of hydrogen-bond acceptors (Lipinski definition) is 6. The van der Waals surface area contributed by atoms with E-state index in [-0.39, 0.29) is 12.5 Å². The summed E-state index contributed by atoms with van der Waals surface area (Å²) in [6.07, 6.45) is 0. The molecule has 0 saturated carbocycles. The predicted octanol–water partition coefficient (Wildman–Crippen LogP) is 7.14. The lowest BCUT2D eigenvalue weighted by molar-refractivity contribution is 0.113. The molecule has 4 N–H and O–H groups in total. The van der Waals surface area contributed by atoms with Gasteiger partial charge in [0, 0.05) is 19.0 Å². The van der Waals surface area contributed by atoms with Crippen LogP contribution < -0.4 is 25.3 Å². The number of primary amides is 1. The Morgan fingerprint density at radius 1 is 0.745 bits per heavy atom. The van der Waals surface area contributed by atoms with Crippen molar-refractivity contribution in [1.29, 1.82) is 0 Å². The van der Waals surface area contributed by atoms with Crippen LogP contribution in [0.4, 0.5) is 10.5 Å². The van der Waals surface area contributed by atoms with Crippen molar-refractivity contribution in [3.05, 3.63) is 155 Å². The number of rotatable bonds is 15. The van der Waals surface area contributed by atoms with Gasteiger partial charge in [0.05, 0.1) is 32.6 Å².